The molecule has 0 aliphatic carbocycles. The van der Waals surface area contributed by atoms with E-state index in [0.717, 1.165) is 25.0 Å². The molecule has 8 heteroatoms. The maximum absolute atomic E-state index is 12.0. The molecule has 1 aromatic rings. The molecule has 134 valence electrons. The van der Waals surface area contributed by atoms with E-state index in [1.807, 2.05) is 11.8 Å². The van der Waals surface area contributed by atoms with Crippen LogP contribution in [0.2, 0.25) is 0 Å². The summed E-state index contributed by atoms with van der Waals surface area (Å²) in [5, 5.41) is 9.15. The molecule has 25 heavy (non-hydrogen) atoms. The quantitative estimate of drug-likeness (QED) is 0.434. The zero-order valence-electron chi connectivity index (χ0n) is 13.8. The molecule has 2 aliphatic rings. The molecule has 0 bridgehead atoms. The summed E-state index contributed by atoms with van der Waals surface area (Å²) in [6, 6.07) is 6.92. The first-order valence-electron chi connectivity index (χ1n) is 8.41. The largest absolute Gasteiger partial charge is 0.366 e. The second-order valence-electron chi connectivity index (χ2n) is 6.36. The summed E-state index contributed by atoms with van der Waals surface area (Å²) in [6.45, 7) is 0. The minimum Gasteiger partial charge on any atom is -0.366 e. The molecule has 0 radical (unpaired) electrons. The molecule has 0 unspecified atom stereocenters. The van der Waals surface area contributed by atoms with Crippen molar-refractivity contribution in [3.63, 3.8) is 0 Å². The van der Waals surface area contributed by atoms with Gasteiger partial charge in [-0.2, -0.15) is 11.8 Å². The SMILES string of the molecule is NC(=O)c1ccc(NC(=O)CCCC[C@@H]2SC[C@H]3NC(=O)N[C@H]23)cc1. The van der Waals surface area contributed by atoms with E-state index in [1.165, 1.54) is 0 Å². The maximum Gasteiger partial charge on any atom is 0.315 e. The van der Waals surface area contributed by atoms with Crippen molar-refractivity contribution >= 4 is 35.3 Å². The third-order valence-electron chi connectivity index (χ3n) is 4.53. The fourth-order valence-corrected chi connectivity index (χ4v) is 4.76. The molecule has 2 saturated heterocycles. The minimum absolute atomic E-state index is 0.0420. The van der Waals surface area contributed by atoms with Gasteiger partial charge in [0.1, 0.15) is 0 Å². The van der Waals surface area contributed by atoms with Gasteiger partial charge >= 0.3 is 6.03 Å². The van der Waals surface area contributed by atoms with Crippen molar-refractivity contribution < 1.29 is 14.4 Å². The Bertz CT molecular complexity index is 664. The molecule has 0 saturated carbocycles. The number of rotatable bonds is 7. The van der Waals surface area contributed by atoms with E-state index in [4.69, 9.17) is 5.73 Å². The van der Waals surface area contributed by atoms with E-state index in [1.54, 1.807) is 24.3 Å². The van der Waals surface area contributed by atoms with Crippen molar-refractivity contribution in [3.8, 4) is 0 Å². The minimum atomic E-state index is -0.487. The molecular weight excluding hydrogens is 340 g/mol. The third kappa shape index (κ3) is 4.45. The van der Waals surface area contributed by atoms with Gasteiger partial charge in [-0.1, -0.05) is 6.42 Å². The van der Waals surface area contributed by atoms with E-state index in [-0.39, 0.29) is 24.0 Å². The predicted octanol–water partition coefficient (Wildman–Crippen LogP) is 1.45. The molecule has 5 N–H and O–H groups in total. The van der Waals surface area contributed by atoms with Crippen LogP contribution >= 0.6 is 11.8 Å². The molecule has 0 aromatic heterocycles. The van der Waals surface area contributed by atoms with Crippen LogP contribution in [0.3, 0.4) is 0 Å². The highest BCUT2D eigenvalue weighted by Gasteiger charge is 2.42. The lowest BCUT2D eigenvalue weighted by molar-refractivity contribution is -0.116. The van der Waals surface area contributed by atoms with Crippen molar-refractivity contribution in [2.75, 3.05) is 11.1 Å². The van der Waals surface area contributed by atoms with Crippen molar-refractivity contribution in [2.24, 2.45) is 5.73 Å². The zero-order valence-corrected chi connectivity index (χ0v) is 14.6. The standard InChI is InChI=1S/C17H22N4O3S/c18-16(23)10-5-7-11(8-6-10)19-14(22)4-2-1-3-13-15-12(9-25-13)20-17(24)21-15/h5-8,12-13,15H,1-4,9H2,(H2,18,23)(H,19,22)(H2,20,21,24)/t12-,13+,15+/m1/s1. The summed E-state index contributed by atoms with van der Waals surface area (Å²) >= 11 is 1.89. The van der Waals surface area contributed by atoms with E-state index in [2.05, 4.69) is 16.0 Å². The van der Waals surface area contributed by atoms with Gasteiger partial charge in [-0.3, -0.25) is 9.59 Å². The number of amides is 4. The monoisotopic (exact) mass is 362 g/mol. The summed E-state index contributed by atoms with van der Waals surface area (Å²) < 4.78 is 0. The van der Waals surface area contributed by atoms with Crippen LogP contribution in [0, 0.1) is 0 Å². The molecular formula is C17H22N4O3S. The van der Waals surface area contributed by atoms with Crippen LogP contribution in [0.25, 0.3) is 0 Å². The van der Waals surface area contributed by atoms with Crippen molar-refractivity contribution in [3.05, 3.63) is 29.8 Å². The summed E-state index contributed by atoms with van der Waals surface area (Å²) in [5.41, 5.74) is 6.25. The van der Waals surface area contributed by atoms with Crippen LogP contribution in [0.15, 0.2) is 24.3 Å². The molecule has 0 spiro atoms. The van der Waals surface area contributed by atoms with Gasteiger partial charge in [0.05, 0.1) is 12.1 Å². The smallest absolute Gasteiger partial charge is 0.315 e. The van der Waals surface area contributed by atoms with E-state index >= 15 is 0 Å². The number of unbranched alkanes of at least 4 members (excludes halogenated alkanes) is 1. The Morgan fingerprint density at radius 1 is 1.20 bits per heavy atom. The lowest BCUT2D eigenvalue weighted by Crippen LogP contribution is -2.36. The van der Waals surface area contributed by atoms with Gasteiger partial charge in [0.2, 0.25) is 11.8 Å². The number of carbonyl (C=O) groups excluding carboxylic acids is 3. The number of fused-ring (bicyclic) bond motifs is 1. The van der Waals surface area contributed by atoms with Gasteiger partial charge in [-0.15, -0.1) is 0 Å². The van der Waals surface area contributed by atoms with Gasteiger partial charge in [0, 0.05) is 28.7 Å². The highest BCUT2D eigenvalue weighted by Crippen LogP contribution is 2.33. The second kappa shape index (κ2) is 7.77. The molecule has 1 aromatic carbocycles. The van der Waals surface area contributed by atoms with E-state index in [0.29, 0.717) is 22.9 Å². The number of hydrogen-bond donors (Lipinski definition) is 4. The van der Waals surface area contributed by atoms with Crippen LogP contribution in [0.1, 0.15) is 36.0 Å². The Kier molecular flexibility index (Phi) is 5.47. The first kappa shape index (κ1) is 17.6. The molecule has 3 atom stereocenters. The van der Waals surface area contributed by atoms with Crippen LogP contribution in [-0.2, 0) is 4.79 Å². The summed E-state index contributed by atoms with van der Waals surface area (Å²) in [7, 11) is 0. The van der Waals surface area contributed by atoms with Gasteiger partial charge < -0.3 is 21.7 Å². The predicted molar refractivity (Wildman–Crippen MR) is 97.5 cm³/mol. The van der Waals surface area contributed by atoms with Gasteiger partial charge in [-0.05, 0) is 37.1 Å². The molecule has 7 nitrogen and oxygen atoms in total. The lowest BCUT2D eigenvalue weighted by atomic mass is 10.0. The molecule has 3 rings (SSSR count). The Labute approximate surface area is 150 Å². The van der Waals surface area contributed by atoms with Gasteiger partial charge in [0.15, 0.2) is 0 Å². The third-order valence-corrected chi connectivity index (χ3v) is 6.04. The number of nitrogens with two attached hydrogens (primary N) is 1. The number of thioether (sulfide) groups is 1. The number of benzene rings is 1. The number of carbonyl (C=O) groups is 3. The number of urea groups is 1. The van der Waals surface area contributed by atoms with Crippen molar-refractivity contribution in [2.45, 2.75) is 43.0 Å². The average Bonchev–Trinajstić information content (AvgIpc) is 3.11. The highest BCUT2D eigenvalue weighted by molar-refractivity contribution is 8.00. The van der Waals surface area contributed by atoms with Gasteiger partial charge in [-0.25, -0.2) is 4.79 Å². The normalized spacial score (nSPS) is 24.3. The summed E-state index contributed by atoms with van der Waals surface area (Å²) in [6.07, 6.45) is 3.20. The van der Waals surface area contributed by atoms with Crippen LogP contribution in [-0.4, -0.2) is 40.9 Å². The molecule has 4 amide bonds. The highest BCUT2D eigenvalue weighted by atomic mass is 32.2. The van der Waals surface area contributed by atoms with Crippen LogP contribution in [0.5, 0.6) is 0 Å². The maximum atomic E-state index is 12.0. The van der Waals surface area contributed by atoms with Crippen molar-refractivity contribution in [1.82, 2.24) is 10.6 Å². The number of hydrogen-bond acceptors (Lipinski definition) is 4. The number of nitrogens with one attached hydrogen (secondary N) is 3. The van der Waals surface area contributed by atoms with E-state index in [9.17, 15) is 14.4 Å². The second-order valence-corrected chi connectivity index (χ2v) is 7.63. The molecule has 2 fully saturated rings. The molecule has 2 heterocycles. The average molecular weight is 362 g/mol. The fraction of sp³-hybridized carbons (Fsp3) is 0.471. The van der Waals surface area contributed by atoms with E-state index < -0.39 is 5.91 Å². The number of primary amides is 1. The first-order chi connectivity index (χ1) is 12.0. The summed E-state index contributed by atoms with van der Waals surface area (Å²) in [5.74, 6) is 0.425. The van der Waals surface area contributed by atoms with Crippen molar-refractivity contribution in [1.29, 1.82) is 0 Å². The topological polar surface area (TPSA) is 113 Å². The summed E-state index contributed by atoms with van der Waals surface area (Å²) in [4.78, 5) is 34.3. The van der Waals surface area contributed by atoms with Gasteiger partial charge in [0.25, 0.3) is 0 Å². The lowest BCUT2D eigenvalue weighted by Gasteiger charge is -2.16. The zero-order chi connectivity index (χ0) is 17.8. The Morgan fingerprint density at radius 3 is 2.68 bits per heavy atom. The fourth-order valence-electron chi connectivity index (χ4n) is 3.22. The van der Waals surface area contributed by atoms with Crippen LogP contribution < -0.4 is 21.7 Å². The Morgan fingerprint density at radius 2 is 1.96 bits per heavy atom. The molecule has 2 aliphatic heterocycles. The Balaban J connectivity index is 1.35. The Hall–Kier alpha value is -2.22. The first-order valence-corrected chi connectivity index (χ1v) is 9.46. The number of anilines is 1. The van der Waals surface area contributed by atoms with Crippen LogP contribution in [0.4, 0.5) is 10.5 Å².